The maximum absolute atomic E-state index is 13.2. The van der Waals surface area contributed by atoms with Crippen molar-refractivity contribution in [3.63, 3.8) is 0 Å². The highest BCUT2D eigenvalue weighted by molar-refractivity contribution is 6.31. The van der Waals surface area contributed by atoms with Gasteiger partial charge in [0.1, 0.15) is 17.4 Å². The molecule has 2 aliphatic heterocycles. The van der Waals surface area contributed by atoms with Gasteiger partial charge in [0, 0.05) is 56.4 Å². The molecule has 194 valence electrons. The molecule has 3 fully saturated rings. The summed E-state index contributed by atoms with van der Waals surface area (Å²) in [6.45, 7) is 11.9. The van der Waals surface area contributed by atoms with E-state index >= 15 is 0 Å². The van der Waals surface area contributed by atoms with Crippen LogP contribution < -0.4 is 10.1 Å². The van der Waals surface area contributed by atoms with Crippen LogP contribution in [0.15, 0.2) is 12.1 Å². The average Bonchev–Trinajstić information content (AvgIpc) is 2.72. The Morgan fingerprint density at radius 2 is 1.74 bits per heavy atom. The van der Waals surface area contributed by atoms with Crippen molar-refractivity contribution in [2.45, 2.75) is 70.6 Å². The van der Waals surface area contributed by atoms with Crippen LogP contribution in [-0.2, 0) is 9.53 Å². The summed E-state index contributed by atoms with van der Waals surface area (Å²) in [5.74, 6) is 1.23. The Balaban J connectivity index is 1.27. The van der Waals surface area contributed by atoms with E-state index in [9.17, 15) is 9.59 Å². The number of halogens is 1. The Labute approximate surface area is 213 Å². The van der Waals surface area contributed by atoms with Gasteiger partial charge >= 0.3 is 6.09 Å². The first-order chi connectivity index (χ1) is 16.6. The Morgan fingerprint density at radius 1 is 1.09 bits per heavy atom. The quantitative estimate of drug-likeness (QED) is 0.624. The summed E-state index contributed by atoms with van der Waals surface area (Å²) < 4.78 is 11.0. The van der Waals surface area contributed by atoms with Crippen molar-refractivity contribution in [3.8, 4) is 5.75 Å². The summed E-state index contributed by atoms with van der Waals surface area (Å²) in [6, 6.07) is 3.86. The van der Waals surface area contributed by atoms with Gasteiger partial charge in [-0.3, -0.25) is 9.69 Å². The first-order valence-corrected chi connectivity index (χ1v) is 13.1. The number of nitrogens with one attached hydrogen (secondary N) is 1. The number of hydrogen-bond acceptors (Lipinski definition) is 6. The lowest BCUT2D eigenvalue weighted by atomic mass is 9.80. The minimum Gasteiger partial charge on any atom is -0.495 e. The molecule has 2 heterocycles. The highest BCUT2D eigenvalue weighted by Gasteiger charge is 2.38. The van der Waals surface area contributed by atoms with Gasteiger partial charge < -0.3 is 24.6 Å². The maximum Gasteiger partial charge on any atom is 0.410 e. The van der Waals surface area contributed by atoms with E-state index in [0.29, 0.717) is 43.9 Å². The van der Waals surface area contributed by atoms with Crippen LogP contribution in [-0.4, -0.2) is 90.8 Å². The number of anilines is 1. The second-order valence-corrected chi connectivity index (χ2v) is 11.4. The molecule has 2 saturated heterocycles. The van der Waals surface area contributed by atoms with Crippen LogP contribution in [0.2, 0.25) is 5.02 Å². The van der Waals surface area contributed by atoms with E-state index in [1.807, 2.05) is 38.7 Å². The number of benzene rings is 1. The van der Waals surface area contributed by atoms with Crippen molar-refractivity contribution in [1.82, 2.24) is 14.7 Å². The van der Waals surface area contributed by atoms with Crippen LogP contribution in [0, 0.1) is 0 Å². The third-order valence-electron chi connectivity index (χ3n) is 7.26. The smallest absolute Gasteiger partial charge is 0.410 e. The fourth-order valence-electron chi connectivity index (χ4n) is 4.92. The molecule has 1 aromatic rings. The molecule has 0 spiro atoms. The van der Waals surface area contributed by atoms with Crippen LogP contribution in [0.1, 0.15) is 58.4 Å². The topological polar surface area (TPSA) is 74.4 Å². The summed E-state index contributed by atoms with van der Waals surface area (Å²) in [6.07, 6.45) is 3.29. The van der Waals surface area contributed by atoms with Crippen LogP contribution in [0.4, 0.5) is 10.5 Å². The van der Waals surface area contributed by atoms with E-state index in [4.69, 9.17) is 21.1 Å². The van der Waals surface area contributed by atoms with Gasteiger partial charge in [0.25, 0.3) is 0 Å². The molecular weight excluding hydrogens is 468 g/mol. The monoisotopic (exact) mass is 506 g/mol. The largest absolute Gasteiger partial charge is 0.495 e. The number of ether oxygens (including phenoxy) is 2. The number of likely N-dealkylation sites (tertiary alicyclic amines) is 1. The zero-order chi connectivity index (χ0) is 25.3. The first kappa shape index (κ1) is 25.9. The first-order valence-electron chi connectivity index (χ1n) is 12.7. The summed E-state index contributed by atoms with van der Waals surface area (Å²) in [5, 5.41) is 4.11. The molecule has 35 heavy (non-hydrogen) atoms. The van der Waals surface area contributed by atoms with Crippen LogP contribution in [0.5, 0.6) is 5.75 Å². The Morgan fingerprint density at radius 3 is 2.29 bits per heavy atom. The second kappa shape index (κ2) is 10.4. The summed E-state index contributed by atoms with van der Waals surface area (Å²) in [5.41, 5.74) is 1.47. The van der Waals surface area contributed by atoms with E-state index < -0.39 is 5.60 Å². The zero-order valence-electron chi connectivity index (χ0n) is 21.6. The number of amides is 2. The van der Waals surface area contributed by atoms with Gasteiger partial charge in [0.15, 0.2) is 0 Å². The van der Waals surface area contributed by atoms with E-state index in [0.717, 1.165) is 42.2 Å². The summed E-state index contributed by atoms with van der Waals surface area (Å²) in [7, 11) is 1.62. The minimum absolute atomic E-state index is 0.0795. The fourth-order valence-corrected chi connectivity index (χ4v) is 5.23. The fraction of sp³-hybridized carbons (Fsp3) is 0.692. The number of methoxy groups -OCH3 is 1. The molecular formula is C26H39ClN4O4. The molecule has 0 radical (unpaired) electrons. The lowest BCUT2D eigenvalue weighted by Gasteiger charge is -2.48. The Kier molecular flexibility index (Phi) is 7.71. The predicted molar refractivity (Wildman–Crippen MR) is 137 cm³/mol. The molecule has 1 atom stereocenters. The van der Waals surface area contributed by atoms with E-state index in [1.54, 1.807) is 12.0 Å². The molecule has 1 unspecified atom stereocenters. The predicted octanol–water partition coefficient (Wildman–Crippen LogP) is 4.18. The van der Waals surface area contributed by atoms with Gasteiger partial charge in [0.05, 0.1) is 12.8 Å². The van der Waals surface area contributed by atoms with Crippen molar-refractivity contribution in [2.75, 3.05) is 51.7 Å². The Hall–Kier alpha value is -2.19. The molecule has 1 aliphatic carbocycles. The number of rotatable bonds is 6. The highest BCUT2D eigenvalue weighted by Crippen LogP contribution is 2.43. The number of carbonyl (C=O) groups excluding carboxylic acids is 2. The molecule has 9 heteroatoms. The van der Waals surface area contributed by atoms with Gasteiger partial charge in [0.2, 0.25) is 5.91 Å². The van der Waals surface area contributed by atoms with Gasteiger partial charge in [-0.05, 0) is 58.1 Å². The summed E-state index contributed by atoms with van der Waals surface area (Å²) >= 11 is 6.50. The molecule has 3 aliphatic rings. The minimum atomic E-state index is -0.478. The Bertz CT molecular complexity index is 932. The molecule has 0 aromatic heterocycles. The zero-order valence-corrected chi connectivity index (χ0v) is 22.4. The lowest BCUT2D eigenvalue weighted by Crippen LogP contribution is -2.65. The molecule has 4 rings (SSSR count). The van der Waals surface area contributed by atoms with Crippen molar-refractivity contribution in [2.24, 2.45) is 0 Å². The van der Waals surface area contributed by atoms with Gasteiger partial charge in [-0.1, -0.05) is 18.0 Å². The molecule has 1 N–H and O–H groups in total. The van der Waals surface area contributed by atoms with Crippen LogP contribution in [0.3, 0.4) is 0 Å². The van der Waals surface area contributed by atoms with E-state index in [-0.39, 0.29) is 18.0 Å². The van der Waals surface area contributed by atoms with Crippen molar-refractivity contribution in [3.05, 3.63) is 22.7 Å². The normalized spacial score (nSPS) is 20.6. The highest BCUT2D eigenvalue weighted by atomic mass is 35.5. The molecule has 0 bridgehead atoms. The summed E-state index contributed by atoms with van der Waals surface area (Å²) in [4.78, 5) is 31.4. The molecule has 1 aromatic carbocycles. The van der Waals surface area contributed by atoms with Crippen molar-refractivity contribution in [1.29, 1.82) is 0 Å². The number of carbonyl (C=O) groups is 2. The van der Waals surface area contributed by atoms with Crippen molar-refractivity contribution >= 4 is 29.3 Å². The molecule has 2 amide bonds. The van der Waals surface area contributed by atoms with Crippen LogP contribution >= 0.6 is 11.6 Å². The lowest BCUT2D eigenvalue weighted by molar-refractivity contribution is -0.134. The second-order valence-electron chi connectivity index (χ2n) is 11.0. The van der Waals surface area contributed by atoms with Gasteiger partial charge in [-0.2, -0.15) is 0 Å². The molecule has 8 nitrogen and oxygen atoms in total. The number of hydrogen-bond donors (Lipinski definition) is 1. The number of nitrogens with zero attached hydrogens (tertiary/aromatic N) is 3. The van der Waals surface area contributed by atoms with Gasteiger partial charge in [-0.25, -0.2) is 4.79 Å². The van der Waals surface area contributed by atoms with Gasteiger partial charge in [-0.15, -0.1) is 0 Å². The number of piperazine rings is 1. The average molecular weight is 507 g/mol. The third kappa shape index (κ3) is 5.97. The standard InChI is InChI=1S/C26H39ClN4O4/c1-17(28-22-13-20(18-7-6-8-18)21(27)14-23(22)34-5)24(32)30-11-9-29(10-12-30)19-15-31(16-19)25(33)35-26(2,3)4/h13-14,17-19,28H,6-12,15-16H2,1-5H3. The SMILES string of the molecule is COc1cc(Cl)c(C2CCC2)cc1NC(C)C(=O)N1CCN(C2CN(C(=O)OC(C)(C)C)C2)CC1. The van der Waals surface area contributed by atoms with E-state index in [2.05, 4.69) is 16.3 Å². The van der Waals surface area contributed by atoms with Crippen molar-refractivity contribution < 1.29 is 19.1 Å². The van der Waals surface area contributed by atoms with E-state index in [1.165, 1.54) is 6.42 Å². The maximum atomic E-state index is 13.2. The molecule has 1 saturated carbocycles. The third-order valence-corrected chi connectivity index (χ3v) is 7.59. The van der Waals surface area contributed by atoms with Crippen LogP contribution in [0.25, 0.3) is 0 Å².